The number of hydrogen-bond donors (Lipinski definition) is 1. The molecule has 0 bridgehead atoms. The molecule has 0 aromatic carbocycles. The van der Waals surface area contributed by atoms with Gasteiger partial charge < -0.3 is 10.2 Å². The molecule has 1 fully saturated rings. The number of rotatable bonds is 0. The van der Waals surface area contributed by atoms with E-state index in [1.54, 1.807) is 0 Å². The highest BCUT2D eigenvalue weighted by molar-refractivity contribution is 8.14. The van der Waals surface area contributed by atoms with Crippen molar-refractivity contribution >= 4 is 28.7 Å². The third kappa shape index (κ3) is 1.82. The maximum Gasteiger partial charge on any atom is 0.258 e. The summed E-state index contributed by atoms with van der Waals surface area (Å²) in [5.41, 5.74) is 0. The number of amides is 2. The van der Waals surface area contributed by atoms with Crippen molar-refractivity contribution in [1.82, 2.24) is 10.2 Å². The summed E-state index contributed by atoms with van der Waals surface area (Å²) in [4.78, 5) is 27.5. The van der Waals surface area contributed by atoms with Gasteiger partial charge in [-0.2, -0.15) is 4.99 Å². The second-order valence-electron chi connectivity index (χ2n) is 2.85. The minimum Gasteiger partial charge on any atom is -0.353 e. The van der Waals surface area contributed by atoms with E-state index in [2.05, 4.69) is 10.3 Å². The van der Waals surface area contributed by atoms with Crippen molar-refractivity contribution in [3.8, 4) is 0 Å². The molecule has 0 saturated carbocycles. The average molecular weight is 199 g/mol. The third-order valence-electron chi connectivity index (χ3n) is 1.85. The Labute approximate surface area is 79.6 Å². The highest BCUT2D eigenvalue weighted by Crippen LogP contribution is 2.16. The van der Waals surface area contributed by atoms with Gasteiger partial charge in [0.05, 0.1) is 12.3 Å². The van der Waals surface area contributed by atoms with Crippen LogP contribution in [0.5, 0.6) is 0 Å². The van der Waals surface area contributed by atoms with Crippen LogP contribution in [-0.4, -0.2) is 47.3 Å². The molecule has 2 rings (SSSR count). The predicted molar refractivity (Wildman–Crippen MR) is 49.5 cm³/mol. The number of piperazine rings is 1. The van der Waals surface area contributed by atoms with Crippen molar-refractivity contribution < 1.29 is 9.59 Å². The number of nitrogens with one attached hydrogen (secondary N) is 1. The van der Waals surface area contributed by atoms with E-state index in [0.717, 1.165) is 6.54 Å². The fraction of sp³-hybridized carbons (Fsp3) is 0.571. The van der Waals surface area contributed by atoms with E-state index in [0.29, 0.717) is 24.0 Å². The van der Waals surface area contributed by atoms with Gasteiger partial charge in [0.15, 0.2) is 5.17 Å². The summed E-state index contributed by atoms with van der Waals surface area (Å²) in [6.07, 6.45) is 0. The fourth-order valence-electron chi connectivity index (χ4n) is 1.26. The molecule has 1 saturated heterocycles. The molecule has 0 spiro atoms. The van der Waals surface area contributed by atoms with Crippen LogP contribution in [0.2, 0.25) is 0 Å². The molecule has 0 aromatic rings. The first-order chi connectivity index (χ1) is 6.25. The summed E-state index contributed by atoms with van der Waals surface area (Å²) >= 11 is 1.41. The molecule has 70 valence electrons. The van der Waals surface area contributed by atoms with Crippen LogP contribution in [0.1, 0.15) is 0 Å². The van der Waals surface area contributed by atoms with Crippen LogP contribution in [0.25, 0.3) is 0 Å². The second kappa shape index (κ2) is 3.37. The van der Waals surface area contributed by atoms with Crippen LogP contribution in [0.4, 0.5) is 0 Å². The monoisotopic (exact) mass is 199 g/mol. The molecule has 2 aliphatic heterocycles. The second-order valence-corrected chi connectivity index (χ2v) is 3.79. The molecule has 0 atom stereocenters. The molecule has 0 radical (unpaired) electrons. The van der Waals surface area contributed by atoms with Crippen LogP contribution in [0, 0.1) is 0 Å². The summed E-state index contributed by atoms with van der Waals surface area (Å²) < 4.78 is 0. The zero-order valence-corrected chi connectivity index (χ0v) is 7.76. The fourth-order valence-corrected chi connectivity index (χ4v) is 2.08. The van der Waals surface area contributed by atoms with Gasteiger partial charge >= 0.3 is 0 Å². The predicted octanol–water partition coefficient (Wildman–Crippen LogP) is -0.952. The van der Waals surface area contributed by atoms with Gasteiger partial charge in [0.2, 0.25) is 5.91 Å². The summed E-state index contributed by atoms with van der Waals surface area (Å²) in [7, 11) is 0. The van der Waals surface area contributed by atoms with Crippen molar-refractivity contribution in [2.75, 3.05) is 25.4 Å². The Morgan fingerprint density at radius 3 is 2.92 bits per heavy atom. The number of aliphatic imine (C=N–C) groups is 1. The van der Waals surface area contributed by atoms with Crippen LogP contribution in [0.15, 0.2) is 4.99 Å². The van der Waals surface area contributed by atoms with E-state index in [-0.39, 0.29) is 11.8 Å². The maximum atomic E-state index is 11.0. The van der Waals surface area contributed by atoms with E-state index in [1.807, 2.05) is 4.90 Å². The zero-order valence-electron chi connectivity index (χ0n) is 6.95. The highest BCUT2D eigenvalue weighted by Gasteiger charge is 2.24. The SMILES string of the molecule is O=C1CSC(N2CCNC(=O)C2)=N1. The van der Waals surface area contributed by atoms with E-state index in [4.69, 9.17) is 0 Å². The Morgan fingerprint density at radius 2 is 2.31 bits per heavy atom. The first kappa shape index (κ1) is 8.55. The number of nitrogens with zero attached hydrogens (tertiary/aromatic N) is 2. The lowest BCUT2D eigenvalue weighted by atomic mass is 10.4. The minimum atomic E-state index is -0.106. The summed E-state index contributed by atoms with van der Waals surface area (Å²) in [6, 6.07) is 0. The van der Waals surface area contributed by atoms with Gasteiger partial charge in [-0.3, -0.25) is 9.59 Å². The van der Waals surface area contributed by atoms with Crippen molar-refractivity contribution in [1.29, 1.82) is 0 Å². The first-order valence-corrected chi connectivity index (χ1v) is 5.00. The van der Waals surface area contributed by atoms with E-state index >= 15 is 0 Å². The first-order valence-electron chi connectivity index (χ1n) is 4.01. The number of carbonyl (C=O) groups excluding carboxylic acids is 2. The lowest BCUT2D eigenvalue weighted by Crippen LogP contribution is -2.49. The molecule has 6 heteroatoms. The van der Waals surface area contributed by atoms with Gasteiger partial charge in [0.25, 0.3) is 5.91 Å². The standard InChI is InChI=1S/C7H9N3O2S/c11-5-3-10(2-1-8-5)7-9-6(12)4-13-7/h1-4H2,(H,8,11). The average Bonchev–Trinajstić information content (AvgIpc) is 2.52. The van der Waals surface area contributed by atoms with Gasteiger partial charge in [-0.1, -0.05) is 11.8 Å². The Bertz CT molecular complexity index is 289. The summed E-state index contributed by atoms with van der Waals surface area (Å²) in [6.45, 7) is 1.69. The molecule has 2 amide bonds. The van der Waals surface area contributed by atoms with E-state index in [1.165, 1.54) is 11.8 Å². The smallest absolute Gasteiger partial charge is 0.258 e. The minimum absolute atomic E-state index is 0.00565. The Hall–Kier alpha value is -1.04. The van der Waals surface area contributed by atoms with Crippen molar-refractivity contribution in [3.05, 3.63) is 0 Å². The van der Waals surface area contributed by atoms with Crippen LogP contribution in [0.3, 0.4) is 0 Å². The molecule has 1 N–H and O–H groups in total. The summed E-state index contributed by atoms with van der Waals surface area (Å²) in [5.74, 6) is 0.299. The summed E-state index contributed by atoms with van der Waals surface area (Å²) in [5, 5.41) is 3.41. The van der Waals surface area contributed by atoms with Crippen LogP contribution in [-0.2, 0) is 9.59 Å². The molecular formula is C7H9N3O2S. The maximum absolute atomic E-state index is 11.0. The van der Waals surface area contributed by atoms with Gasteiger partial charge in [-0.05, 0) is 0 Å². The molecular weight excluding hydrogens is 190 g/mol. The van der Waals surface area contributed by atoms with Gasteiger partial charge in [-0.15, -0.1) is 0 Å². The highest BCUT2D eigenvalue weighted by atomic mass is 32.2. The van der Waals surface area contributed by atoms with E-state index in [9.17, 15) is 9.59 Å². The molecule has 13 heavy (non-hydrogen) atoms. The molecule has 0 unspecified atom stereocenters. The van der Waals surface area contributed by atoms with Gasteiger partial charge in [0.1, 0.15) is 0 Å². The van der Waals surface area contributed by atoms with Crippen molar-refractivity contribution in [2.45, 2.75) is 0 Å². The molecule has 2 heterocycles. The Kier molecular flexibility index (Phi) is 2.22. The van der Waals surface area contributed by atoms with Crippen LogP contribution >= 0.6 is 11.8 Å². The van der Waals surface area contributed by atoms with Crippen molar-refractivity contribution in [3.63, 3.8) is 0 Å². The third-order valence-corrected chi connectivity index (χ3v) is 2.85. The Balaban J connectivity index is 2.04. The normalized spacial score (nSPS) is 23.1. The Morgan fingerprint density at radius 1 is 1.46 bits per heavy atom. The quantitative estimate of drug-likeness (QED) is 0.546. The molecule has 0 aliphatic carbocycles. The lowest BCUT2D eigenvalue weighted by molar-refractivity contribution is -0.123. The number of hydrogen-bond acceptors (Lipinski definition) is 4. The van der Waals surface area contributed by atoms with Crippen LogP contribution < -0.4 is 5.32 Å². The molecule has 2 aliphatic rings. The van der Waals surface area contributed by atoms with Crippen molar-refractivity contribution in [2.24, 2.45) is 4.99 Å². The number of carbonyl (C=O) groups is 2. The molecule has 0 aromatic heterocycles. The number of thioether (sulfide) groups is 1. The van der Waals surface area contributed by atoms with E-state index < -0.39 is 0 Å². The van der Waals surface area contributed by atoms with Gasteiger partial charge in [0, 0.05) is 13.1 Å². The lowest BCUT2D eigenvalue weighted by Gasteiger charge is -2.27. The number of amidine groups is 1. The molecule has 5 nitrogen and oxygen atoms in total. The largest absolute Gasteiger partial charge is 0.353 e. The zero-order chi connectivity index (χ0) is 9.26. The van der Waals surface area contributed by atoms with Gasteiger partial charge in [-0.25, -0.2) is 0 Å². The topological polar surface area (TPSA) is 61.8 Å².